The van der Waals surface area contributed by atoms with Gasteiger partial charge >= 0.3 is 6.09 Å². The minimum Gasteiger partial charge on any atom is -0.444 e. The van der Waals surface area contributed by atoms with Crippen LogP contribution in [0.25, 0.3) is 0 Å². The number of hydrogen-bond donors (Lipinski definition) is 0. The van der Waals surface area contributed by atoms with Gasteiger partial charge in [0, 0.05) is 25.6 Å². The molecular formula is C15H27NO3. The maximum atomic E-state index is 11.9. The third kappa shape index (κ3) is 6.62. The summed E-state index contributed by atoms with van der Waals surface area (Å²) in [7, 11) is 0. The van der Waals surface area contributed by atoms with Crippen molar-refractivity contribution in [1.82, 2.24) is 4.90 Å². The first kappa shape index (κ1) is 16.0. The second kappa shape index (κ2) is 7.53. The molecule has 0 radical (unpaired) electrons. The second-order valence-electron chi connectivity index (χ2n) is 6.09. The zero-order valence-corrected chi connectivity index (χ0v) is 12.5. The van der Waals surface area contributed by atoms with Crippen LogP contribution in [-0.4, -0.2) is 42.9 Å². The summed E-state index contributed by atoms with van der Waals surface area (Å²) < 4.78 is 11.0. The van der Waals surface area contributed by atoms with Gasteiger partial charge < -0.3 is 14.4 Å². The number of likely N-dealkylation sites (tertiary alicyclic amines) is 1. The van der Waals surface area contributed by atoms with Crippen LogP contribution in [0.15, 0.2) is 12.7 Å². The highest BCUT2D eigenvalue weighted by Crippen LogP contribution is 2.19. The van der Waals surface area contributed by atoms with Crippen LogP contribution in [0, 0.1) is 5.92 Å². The third-order valence-corrected chi connectivity index (χ3v) is 2.99. The molecule has 1 fully saturated rings. The largest absolute Gasteiger partial charge is 0.444 e. The molecule has 1 saturated heterocycles. The number of rotatable bonds is 6. The molecule has 0 aromatic heterocycles. The molecule has 19 heavy (non-hydrogen) atoms. The predicted octanol–water partition coefficient (Wildman–Crippen LogP) is 3.23. The Kier molecular flexibility index (Phi) is 6.35. The van der Waals surface area contributed by atoms with Gasteiger partial charge in [-0.3, -0.25) is 0 Å². The van der Waals surface area contributed by atoms with Gasteiger partial charge in [-0.05, 0) is 40.0 Å². The van der Waals surface area contributed by atoms with Crippen molar-refractivity contribution < 1.29 is 14.3 Å². The zero-order valence-electron chi connectivity index (χ0n) is 12.5. The maximum Gasteiger partial charge on any atom is 0.410 e. The van der Waals surface area contributed by atoms with Gasteiger partial charge in [-0.25, -0.2) is 4.79 Å². The molecule has 0 bridgehead atoms. The van der Waals surface area contributed by atoms with E-state index in [1.807, 2.05) is 26.8 Å². The minimum atomic E-state index is -0.420. The van der Waals surface area contributed by atoms with Gasteiger partial charge in [0.1, 0.15) is 5.60 Å². The monoisotopic (exact) mass is 269 g/mol. The molecule has 1 rings (SSSR count). The lowest BCUT2D eigenvalue weighted by molar-refractivity contribution is 0.0274. The van der Waals surface area contributed by atoms with Crippen LogP contribution in [0.5, 0.6) is 0 Å². The number of nitrogens with zero attached hydrogens (tertiary/aromatic N) is 1. The van der Waals surface area contributed by atoms with Gasteiger partial charge in [-0.1, -0.05) is 6.08 Å². The van der Waals surface area contributed by atoms with E-state index in [9.17, 15) is 4.79 Å². The first-order valence-corrected chi connectivity index (χ1v) is 7.09. The van der Waals surface area contributed by atoms with Crippen LogP contribution in [0.1, 0.15) is 40.0 Å². The number of amides is 1. The van der Waals surface area contributed by atoms with Crippen LogP contribution in [0.3, 0.4) is 0 Å². The molecule has 0 aliphatic carbocycles. The molecule has 1 heterocycles. The van der Waals surface area contributed by atoms with Gasteiger partial charge in [-0.2, -0.15) is 0 Å². The predicted molar refractivity (Wildman–Crippen MR) is 76.2 cm³/mol. The van der Waals surface area contributed by atoms with Crippen molar-refractivity contribution in [3.63, 3.8) is 0 Å². The standard InChI is InChI=1S/C15H27NO3/c1-5-6-7-10-18-12-13-8-9-16(11-13)14(17)19-15(2,3)4/h5,13H,1,6-12H2,2-4H3/t13-/m1/s1. The summed E-state index contributed by atoms with van der Waals surface area (Å²) in [6, 6.07) is 0. The fraction of sp³-hybridized carbons (Fsp3) is 0.800. The van der Waals surface area contributed by atoms with E-state index < -0.39 is 5.60 Å². The lowest BCUT2D eigenvalue weighted by Crippen LogP contribution is -2.35. The topological polar surface area (TPSA) is 38.8 Å². The number of hydrogen-bond acceptors (Lipinski definition) is 3. The zero-order chi connectivity index (χ0) is 14.3. The van der Waals surface area contributed by atoms with Gasteiger partial charge in [-0.15, -0.1) is 6.58 Å². The van der Waals surface area contributed by atoms with E-state index in [0.29, 0.717) is 5.92 Å². The molecule has 0 spiro atoms. The number of unbranched alkanes of at least 4 members (excludes halogenated alkanes) is 1. The average molecular weight is 269 g/mol. The van der Waals surface area contributed by atoms with E-state index in [-0.39, 0.29) is 6.09 Å². The summed E-state index contributed by atoms with van der Waals surface area (Å²) >= 11 is 0. The molecule has 0 aromatic carbocycles. The fourth-order valence-corrected chi connectivity index (χ4v) is 2.04. The Bertz CT molecular complexity index is 296. The van der Waals surface area contributed by atoms with Crippen molar-refractivity contribution >= 4 is 6.09 Å². The van der Waals surface area contributed by atoms with Crippen LogP contribution >= 0.6 is 0 Å². The van der Waals surface area contributed by atoms with Gasteiger partial charge in [0.2, 0.25) is 0 Å². The Balaban J connectivity index is 2.18. The van der Waals surface area contributed by atoms with Crippen LogP contribution in [0.4, 0.5) is 4.79 Å². The van der Waals surface area contributed by atoms with Crippen LogP contribution in [-0.2, 0) is 9.47 Å². The summed E-state index contributed by atoms with van der Waals surface area (Å²) in [4.78, 5) is 13.7. The number of allylic oxidation sites excluding steroid dienone is 1. The van der Waals surface area contributed by atoms with Crippen LogP contribution < -0.4 is 0 Å². The average Bonchev–Trinajstić information content (AvgIpc) is 2.75. The molecule has 1 aliphatic heterocycles. The van der Waals surface area contributed by atoms with Crippen molar-refractivity contribution in [2.75, 3.05) is 26.3 Å². The van der Waals surface area contributed by atoms with Crippen LogP contribution in [0.2, 0.25) is 0 Å². The van der Waals surface area contributed by atoms with Gasteiger partial charge in [0.05, 0.1) is 6.61 Å². The number of carbonyl (C=O) groups is 1. The highest BCUT2D eigenvalue weighted by Gasteiger charge is 2.29. The van der Waals surface area contributed by atoms with E-state index in [1.165, 1.54) is 0 Å². The summed E-state index contributed by atoms with van der Waals surface area (Å²) in [6.07, 6.45) is 4.71. The lowest BCUT2D eigenvalue weighted by atomic mass is 10.1. The van der Waals surface area contributed by atoms with E-state index in [2.05, 4.69) is 6.58 Å². The smallest absolute Gasteiger partial charge is 0.410 e. The van der Waals surface area contributed by atoms with Gasteiger partial charge in [0.15, 0.2) is 0 Å². The molecule has 0 aromatic rings. The third-order valence-electron chi connectivity index (χ3n) is 2.99. The Morgan fingerprint density at radius 1 is 1.47 bits per heavy atom. The highest BCUT2D eigenvalue weighted by atomic mass is 16.6. The molecular weight excluding hydrogens is 242 g/mol. The molecule has 4 nitrogen and oxygen atoms in total. The van der Waals surface area contributed by atoms with E-state index >= 15 is 0 Å². The van der Waals surface area contributed by atoms with Gasteiger partial charge in [0.25, 0.3) is 0 Å². The molecule has 4 heteroatoms. The Morgan fingerprint density at radius 2 is 2.21 bits per heavy atom. The van der Waals surface area contributed by atoms with Crippen molar-refractivity contribution in [1.29, 1.82) is 0 Å². The second-order valence-corrected chi connectivity index (χ2v) is 6.09. The minimum absolute atomic E-state index is 0.207. The quantitative estimate of drug-likeness (QED) is 0.549. The fourth-order valence-electron chi connectivity index (χ4n) is 2.04. The summed E-state index contributed by atoms with van der Waals surface area (Å²) in [5.41, 5.74) is -0.420. The van der Waals surface area contributed by atoms with Crippen molar-refractivity contribution in [2.45, 2.75) is 45.6 Å². The molecule has 0 N–H and O–H groups in total. The maximum absolute atomic E-state index is 11.9. The van der Waals surface area contributed by atoms with Crippen molar-refractivity contribution in [3.05, 3.63) is 12.7 Å². The molecule has 0 saturated carbocycles. The lowest BCUT2D eigenvalue weighted by Gasteiger charge is -2.24. The molecule has 1 amide bonds. The first-order valence-electron chi connectivity index (χ1n) is 7.09. The summed E-state index contributed by atoms with van der Waals surface area (Å²) in [6.45, 7) is 12.4. The SMILES string of the molecule is C=CCCCOC[C@@H]1CCN(C(=O)OC(C)(C)C)C1. The first-order chi connectivity index (χ1) is 8.92. The Morgan fingerprint density at radius 3 is 2.84 bits per heavy atom. The van der Waals surface area contributed by atoms with Crippen molar-refractivity contribution in [3.8, 4) is 0 Å². The molecule has 0 unspecified atom stereocenters. The molecule has 1 aliphatic rings. The van der Waals surface area contributed by atoms with Crippen molar-refractivity contribution in [2.24, 2.45) is 5.92 Å². The Labute approximate surface area is 116 Å². The molecule has 110 valence electrons. The highest BCUT2D eigenvalue weighted by molar-refractivity contribution is 5.68. The van der Waals surface area contributed by atoms with E-state index in [1.54, 1.807) is 4.90 Å². The molecule has 1 atom stereocenters. The Hall–Kier alpha value is -1.03. The summed E-state index contributed by atoms with van der Waals surface area (Å²) in [5.74, 6) is 0.441. The van der Waals surface area contributed by atoms with E-state index in [4.69, 9.17) is 9.47 Å². The number of ether oxygens (including phenoxy) is 2. The summed E-state index contributed by atoms with van der Waals surface area (Å²) in [5, 5.41) is 0. The number of carbonyl (C=O) groups excluding carboxylic acids is 1. The van der Waals surface area contributed by atoms with E-state index in [0.717, 1.165) is 45.6 Å². The normalized spacial score (nSPS) is 19.5.